The molecule has 0 spiro atoms. The zero-order valence-electron chi connectivity index (χ0n) is 12.3. The van der Waals surface area contributed by atoms with E-state index >= 15 is 0 Å². The van der Waals surface area contributed by atoms with E-state index in [-0.39, 0.29) is 0 Å². The summed E-state index contributed by atoms with van der Waals surface area (Å²) in [5.74, 6) is 0.751. The van der Waals surface area contributed by atoms with Gasteiger partial charge in [-0.3, -0.25) is 0 Å². The van der Waals surface area contributed by atoms with Crippen LogP contribution in [0, 0.1) is 0 Å². The van der Waals surface area contributed by atoms with E-state index in [1.54, 1.807) is 7.11 Å². The predicted octanol–water partition coefficient (Wildman–Crippen LogP) is 3.50. The average Bonchev–Trinajstić information content (AvgIpc) is 2.40. The van der Waals surface area contributed by atoms with Crippen molar-refractivity contribution < 1.29 is 14.6 Å². The third kappa shape index (κ3) is 5.21. The highest BCUT2D eigenvalue weighted by Crippen LogP contribution is 2.33. The lowest BCUT2D eigenvalue weighted by Gasteiger charge is -2.26. The van der Waals surface area contributed by atoms with Crippen molar-refractivity contribution in [3.63, 3.8) is 0 Å². The van der Waals surface area contributed by atoms with Crippen LogP contribution in [-0.4, -0.2) is 25.4 Å². The minimum atomic E-state index is -0.834. The lowest BCUT2D eigenvalue weighted by atomic mass is 9.89. The van der Waals surface area contributed by atoms with Gasteiger partial charge in [-0.1, -0.05) is 44.4 Å². The van der Waals surface area contributed by atoms with Crippen molar-refractivity contribution in [2.24, 2.45) is 0 Å². The molecule has 0 saturated heterocycles. The van der Waals surface area contributed by atoms with Crippen molar-refractivity contribution >= 4 is 0 Å². The third-order valence-corrected chi connectivity index (χ3v) is 3.28. The van der Waals surface area contributed by atoms with Gasteiger partial charge in [-0.25, -0.2) is 0 Å². The van der Waals surface area contributed by atoms with Crippen molar-refractivity contribution in [3.05, 3.63) is 29.8 Å². The van der Waals surface area contributed by atoms with Crippen LogP contribution in [0.4, 0.5) is 0 Å². The Morgan fingerprint density at radius 1 is 1.16 bits per heavy atom. The zero-order valence-corrected chi connectivity index (χ0v) is 12.3. The van der Waals surface area contributed by atoms with Crippen LogP contribution in [-0.2, 0) is 10.3 Å². The summed E-state index contributed by atoms with van der Waals surface area (Å²) >= 11 is 0. The van der Waals surface area contributed by atoms with E-state index in [4.69, 9.17) is 9.47 Å². The Morgan fingerprint density at radius 3 is 2.58 bits per heavy atom. The van der Waals surface area contributed by atoms with Crippen molar-refractivity contribution in [2.75, 3.05) is 20.3 Å². The molecule has 1 atom stereocenters. The number of unbranched alkanes of at least 4 members (excludes halogenated alkanes) is 2. The molecule has 3 nitrogen and oxygen atoms in total. The maximum Gasteiger partial charge on any atom is 0.125 e. The van der Waals surface area contributed by atoms with Gasteiger partial charge in [0, 0.05) is 12.7 Å². The maximum absolute atomic E-state index is 10.6. The zero-order chi connectivity index (χ0) is 14.1. The summed E-state index contributed by atoms with van der Waals surface area (Å²) < 4.78 is 10.7. The van der Waals surface area contributed by atoms with E-state index in [1.165, 1.54) is 0 Å². The van der Waals surface area contributed by atoms with Gasteiger partial charge < -0.3 is 14.6 Å². The second-order valence-corrected chi connectivity index (χ2v) is 5.07. The molecule has 1 aromatic carbocycles. The van der Waals surface area contributed by atoms with Crippen LogP contribution in [0.3, 0.4) is 0 Å². The number of benzene rings is 1. The summed E-state index contributed by atoms with van der Waals surface area (Å²) in [6, 6.07) is 7.70. The van der Waals surface area contributed by atoms with Crippen LogP contribution >= 0.6 is 0 Å². The van der Waals surface area contributed by atoms with Crippen LogP contribution in [0.2, 0.25) is 0 Å². The van der Waals surface area contributed by atoms with E-state index < -0.39 is 5.60 Å². The molecule has 0 saturated carbocycles. The minimum absolute atomic E-state index is 0.499. The fourth-order valence-electron chi connectivity index (χ4n) is 2.13. The van der Waals surface area contributed by atoms with Gasteiger partial charge in [0.1, 0.15) is 12.4 Å². The highest BCUT2D eigenvalue weighted by atomic mass is 16.5. The highest BCUT2D eigenvalue weighted by Gasteiger charge is 2.25. The Kier molecular flexibility index (Phi) is 6.89. The lowest BCUT2D eigenvalue weighted by molar-refractivity contribution is 0.0408. The molecule has 0 amide bonds. The number of hydrogen-bond acceptors (Lipinski definition) is 3. The van der Waals surface area contributed by atoms with Gasteiger partial charge in [0.2, 0.25) is 0 Å². The first-order valence-electron chi connectivity index (χ1n) is 7.05. The first-order valence-corrected chi connectivity index (χ1v) is 7.05. The molecule has 0 fully saturated rings. The van der Waals surface area contributed by atoms with E-state index in [0.29, 0.717) is 13.2 Å². The summed E-state index contributed by atoms with van der Waals surface area (Å²) in [5, 5.41) is 10.6. The van der Waals surface area contributed by atoms with Gasteiger partial charge in [0.25, 0.3) is 0 Å². The molecule has 0 aliphatic rings. The van der Waals surface area contributed by atoms with Crippen LogP contribution in [0.5, 0.6) is 5.75 Å². The molecule has 0 aliphatic carbocycles. The first-order chi connectivity index (χ1) is 9.11. The Hall–Kier alpha value is -1.06. The molecule has 108 valence electrons. The summed E-state index contributed by atoms with van der Waals surface area (Å²) in [6.45, 7) is 5.07. The molecular formula is C16H26O3. The molecular weight excluding hydrogens is 240 g/mol. The number of rotatable bonds is 9. The van der Waals surface area contributed by atoms with Gasteiger partial charge in [0.15, 0.2) is 0 Å². The molecule has 1 N–H and O–H groups in total. The van der Waals surface area contributed by atoms with Gasteiger partial charge in [-0.2, -0.15) is 0 Å². The Bertz CT molecular complexity index is 361. The fraction of sp³-hybridized carbons (Fsp3) is 0.625. The Labute approximate surface area is 116 Å². The number of para-hydroxylation sites is 1. The molecule has 0 aliphatic heterocycles. The Morgan fingerprint density at radius 2 is 1.89 bits per heavy atom. The topological polar surface area (TPSA) is 38.7 Å². The third-order valence-electron chi connectivity index (χ3n) is 3.28. The van der Waals surface area contributed by atoms with E-state index in [1.807, 2.05) is 31.2 Å². The second kappa shape index (κ2) is 8.18. The number of ether oxygens (including phenoxy) is 2. The van der Waals surface area contributed by atoms with E-state index in [0.717, 1.165) is 37.0 Å². The van der Waals surface area contributed by atoms with Crippen LogP contribution in [0.15, 0.2) is 24.3 Å². The second-order valence-electron chi connectivity index (χ2n) is 5.07. The molecule has 0 bridgehead atoms. The minimum Gasteiger partial charge on any atom is -0.491 e. The van der Waals surface area contributed by atoms with Crippen molar-refractivity contribution in [2.45, 2.75) is 45.1 Å². The van der Waals surface area contributed by atoms with Crippen molar-refractivity contribution in [1.82, 2.24) is 0 Å². The van der Waals surface area contributed by atoms with E-state index in [9.17, 15) is 5.11 Å². The molecule has 0 aromatic heterocycles. The van der Waals surface area contributed by atoms with E-state index in [2.05, 4.69) is 6.92 Å². The molecule has 1 aromatic rings. The highest BCUT2D eigenvalue weighted by molar-refractivity contribution is 5.37. The monoisotopic (exact) mass is 266 g/mol. The smallest absolute Gasteiger partial charge is 0.125 e. The summed E-state index contributed by atoms with van der Waals surface area (Å²) in [4.78, 5) is 0. The molecule has 1 rings (SSSR count). The molecule has 3 heteroatoms. The lowest BCUT2D eigenvalue weighted by Crippen LogP contribution is -2.22. The fourth-order valence-corrected chi connectivity index (χ4v) is 2.13. The summed E-state index contributed by atoms with van der Waals surface area (Å²) in [6.07, 6.45) is 4.08. The van der Waals surface area contributed by atoms with Gasteiger partial charge >= 0.3 is 0 Å². The quantitative estimate of drug-likeness (QED) is 0.695. The van der Waals surface area contributed by atoms with Crippen LogP contribution in [0.1, 0.15) is 45.1 Å². The Balaban J connectivity index is 2.73. The van der Waals surface area contributed by atoms with Gasteiger partial charge in [0.05, 0.1) is 12.2 Å². The maximum atomic E-state index is 10.6. The normalized spacial score (nSPS) is 14.1. The summed E-state index contributed by atoms with van der Waals surface area (Å²) in [7, 11) is 1.65. The predicted molar refractivity (Wildman–Crippen MR) is 77.5 cm³/mol. The van der Waals surface area contributed by atoms with Crippen LogP contribution in [0.25, 0.3) is 0 Å². The first kappa shape index (κ1) is 16.0. The largest absolute Gasteiger partial charge is 0.491 e. The van der Waals surface area contributed by atoms with Crippen molar-refractivity contribution in [1.29, 1.82) is 0 Å². The van der Waals surface area contributed by atoms with Gasteiger partial charge in [-0.05, 0) is 19.4 Å². The summed E-state index contributed by atoms with van der Waals surface area (Å²) in [5.41, 5.74) is 0.0287. The van der Waals surface area contributed by atoms with Crippen LogP contribution < -0.4 is 4.74 Å². The van der Waals surface area contributed by atoms with Gasteiger partial charge in [-0.15, -0.1) is 0 Å². The molecule has 0 heterocycles. The number of aliphatic hydroxyl groups is 1. The number of hydrogen-bond donors (Lipinski definition) is 1. The SMILES string of the molecule is CCCCCC(C)(O)c1ccccc1OCCOC. The standard InChI is InChI=1S/C16H26O3/c1-4-5-8-11-16(2,17)14-9-6-7-10-15(14)19-13-12-18-3/h6-7,9-10,17H,4-5,8,11-13H2,1-3H3. The number of methoxy groups -OCH3 is 1. The molecule has 1 unspecified atom stereocenters. The average molecular weight is 266 g/mol. The van der Waals surface area contributed by atoms with Crippen molar-refractivity contribution in [3.8, 4) is 5.75 Å². The molecule has 0 radical (unpaired) electrons. The molecule has 19 heavy (non-hydrogen) atoms.